The minimum atomic E-state index is -3.19. The van der Waals surface area contributed by atoms with Crippen LogP contribution in [0.2, 0.25) is 0 Å². The van der Waals surface area contributed by atoms with E-state index in [-0.39, 0.29) is 5.54 Å². The predicted molar refractivity (Wildman–Crippen MR) is 66.9 cm³/mol. The van der Waals surface area contributed by atoms with Gasteiger partial charge in [-0.05, 0) is 26.8 Å². The molecule has 0 amide bonds. The summed E-state index contributed by atoms with van der Waals surface area (Å²) >= 11 is 0. The first-order valence-electron chi connectivity index (χ1n) is 5.04. The summed E-state index contributed by atoms with van der Waals surface area (Å²) in [4.78, 5) is 4.63. The highest BCUT2D eigenvalue weighted by molar-refractivity contribution is 7.90. The maximum Gasteiger partial charge on any atom is 0.176 e. The quantitative estimate of drug-likeness (QED) is 0.743. The highest BCUT2D eigenvalue weighted by atomic mass is 32.2. The summed E-state index contributed by atoms with van der Waals surface area (Å²) in [5.41, 5.74) is 0.435. The van der Waals surface area contributed by atoms with E-state index >= 15 is 0 Å². The predicted octanol–water partition coefficient (Wildman–Crippen LogP) is 2.31. The number of hydrogen-bond donors (Lipinski definition) is 0. The molecule has 0 radical (unpaired) electrons. The molecule has 0 heterocycles. The molecule has 1 aromatic rings. The molecular formula is C12H17NO2S. The molecule has 0 N–H and O–H groups in total. The number of nitrogens with zero attached hydrogens (tertiary/aromatic N) is 1. The zero-order chi connectivity index (χ0) is 12.4. The van der Waals surface area contributed by atoms with Gasteiger partial charge in [-0.1, -0.05) is 18.2 Å². The zero-order valence-electron chi connectivity index (χ0n) is 10.1. The van der Waals surface area contributed by atoms with Crippen molar-refractivity contribution in [1.82, 2.24) is 0 Å². The second kappa shape index (κ2) is 4.37. The molecule has 16 heavy (non-hydrogen) atoms. The number of benzene rings is 1. The van der Waals surface area contributed by atoms with Crippen molar-refractivity contribution in [3.8, 4) is 0 Å². The van der Waals surface area contributed by atoms with Gasteiger partial charge in [-0.3, -0.25) is 4.99 Å². The first-order chi connectivity index (χ1) is 7.20. The van der Waals surface area contributed by atoms with Crippen LogP contribution in [-0.4, -0.2) is 26.4 Å². The third-order valence-electron chi connectivity index (χ3n) is 1.91. The van der Waals surface area contributed by atoms with Crippen molar-refractivity contribution in [2.24, 2.45) is 4.99 Å². The van der Waals surface area contributed by atoms with E-state index in [4.69, 9.17) is 0 Å². The van der Waals surface area contributed by atoms with E-state index in [0.717, 1.165) is 0 Å². The second-order valence-electron chi connectivity index (χ2n) is 4.74. The van der Waals surface area contributed by atoms with Crippen LogP contribution in [0.4, 0.5) is 0 Å². The molecule has 0 aromatic heterocycles. The van der Waals surface area contributed by atoms with Crippen LogP contribution >= 0.6 is 0 Å². The molecule has 0 saturated carbocycles. The Kier molecular flexibility index (Phi) is 3.53. The summed E-state index contributed by atoms with van der Waals surface area (Å²) in [6.07, 6.45) is 2.83. The molecule has 0 bridgehead atoms. The highest BCUT2D eigenvalue weighted by Gasteiger charge is 2.12. The van der Waals surface area contributed by atoms with Crippen LogP contribution in [0.1, 0.15) is 26.3 Å². The van der Waals surface area contributed by atoms with E-state index in [0.29, 0.717) is 10.5 Å². The SMILES string of the molecule is CC(C)(C)/N=C/c1ccccc1S(C)(=O)=O. The summed E-state index contributed by atoms with van der Waals surface area (Å²) in [5.74, 6) is 0. The normalized spacial score (nSPS) is 13.2. The Morgan fingerprint density at radius 1 is 1.19 bits per heavy atom. The van der Waals surface area contributed by atoms with E-state index in [1.54, 1.807) is 30.5 Å². The lowest BCUT2D eigenvalue weighted by molar-refractivity contribution is 0.586. The lowest BCUT2D eigenvalue weighted by Crippen LogP contribution is -2.10. The first kappa shape index (κ1) is 12.9. The zero-order valence-corrected chi connectivity index (χ0v) is 10.9. The van der Waals surface area contributed by atoms with Crippen LogP contribution in [-0.2, 0) is 9.84 Å². The molecule has 0 unspecified atom stereocenters. The van der Waals surface area contributed by atoms with E-state index in [9.17, 15) is 8.42 Å². The third kappa shape index (κ3) is 3.77. The van der Waals surface area contributed by atoms with Crippen molar-refractivity contribution in [2.75, 3.05) is 6.26 Å². The lowest BCUT2D eigenvalue weighted by atomic mass is 10.1. The van der Waals surface area contributed by atoms with Gasteiger partial charge in [-0.25, -0.2) is 8.42 Å². The molecular weight excluding hydrogens is 222 g/mol. The number of aliphatic imine (C=N–C) groups is 1. The standard InChI is InChI=1S/C12H17NO2S/c1-12(2,3)13-9-10-7-5-6-8-11(10)16(4,14)15/h5-9H,1-4H3/b13-9+. The van der Waals surface area contributed by atoms with Gasteiger partial charge in [0.2, 0.25) is 0 Å². The van der Waals surface area contributed by atoms with Crippen molar-refractivity contribution in [3.05, 3.63) is 29.8 Å². The average Bonchev–Trinajstić information content (AvgIpc) is 2.12. The van der Waals surface area contributed by atoms with Crippen LogP contribution in [0.15, 0.2) is 34.2 Å². The van der Waals surface area contributed by atoms with Crippen molar-refractivity contribution in [2.45, 2.75) is 31.2 Å². The molecule has 0 spiro atoms. The number of sulfone groups is 1. The average molecular weight is 239 g/mol. The smallest absolute Gasteiger partial charge is 0.176 e. The number of hydrogen-bond acceptors (Lipinski definition) is 3. The Balaban J connectivity index is 3.21. The van der Waals surface area contributed by atoms with Gasteiger partial charge in [-0.15, -0.1) is 0 Å². The van der Waals surface area contributed by atoms with Crippen molar-refractivity contribution in [1.29, 1.82) is 0 Å². The van der Waals surface area contributed by atoms with Gasteiger partial charge in [0, 0.05) is 18.0 Å². The van der Waals surface area contributed by atoms with Crippen LogP contribution in [0, 0.1) is 0 Å². The summed E-state index contributed by atoms with van der Waals surface area (Å²) in [5, 5.41) is 0. The lowest BCUT2D eigenvalue weighted by Gasteiger charge is -2.11. The van der Waals surface area contributed by atoms with Crippen molar-refractivity contribution >= 4 is 16.1 Å². The summed E-state index contributed by atoms with van der Waals surface area (Å²) in [6, 6.07) is 6.87. The number of rotatable bonds is 2. The molecule has 0 saturated heterocycles. The minimum Gasteiger partial charge on any atom is -0.287 e. The second-order valence-corrected chi connectivity index (χ2v) is 6.72. The maximum absolute atomic E-state index is 11.5. The fourth-order valence-electron chi connectivity index (χ4n) is 1.19. The van der Waals surface area contributed by atoms with Crippen molar-refractivity contribution < 1.29 is 8.42 Å². The van der Waals surface area contributed by atoms with E-state index < -0.39 is 9.84 Å². The van der Waals surface area contributed by atoms with Gasteiger partial charge in [-0.2, -0.15) is 0 Å². The van der Waals surface area contributed by atoms with Crippen LogP contribution < -0.4 is 0 Å². The maximum atomic E-state index is 11.5. The summed E-state index contributed by atoms with van der Waals surface area (Å²) in [6.45, 7) is 5.89. The Morgan fingerprint density at radius 2 is 1.75 bits per heavy atom. The monoisotopic (exact) mass is 239 g/mol. The Hall–Kier alpha value is -1.16. The molecule has 0 aliphatic rings. The van der Waals surface area contributed by atoms with Gasteiger partial charge in [0.15, 0.2) is 9.84 Å². The van der Waals surface area contributed by atoms with Gasteiger partial charge in [0.05, 0.1) is 10.4 Å². The largest absolute Gasteiger partial charge is 0.287 e. The van der Waals surface area contributed by atoms with E-state index in [2.05, 4.69) is 4.99 Å². The minimum absolute atomic E-state index is 0.204. The topological polar surface area (TPSA) is 46.5 Å². The molecule has 0 atom stereocenters. The molecule has 88 valence electrons. The van der Waals surface area contributed by atoms with Gasteiger partial charge in [0.1, 0.15) is 0 Å². The molecule has 1 aromatic carbocycles. The Morgan fingerprint density at radius 3 is 2.25 bits per heavy atom. The van der Waals surface area contributed by atoms with Crippen LogP contribution in [0.25, 0.3) is 0 Å². The van der Waals surface area contributed by atoms with E-state index in [1.807, 2.05) is 20.8 Å². The molecule has 1 rings (SSSR count). The molecule has 0 aliphatic carbocycles. The van der Waals surface area contributed by atoms with Crippen molar-refractivity contribution in [3.63, 3.8) is 0 Å². The summed E-state index contributed by atoms with van der Waals surface area (Å²) in [7, 11) is -3.19. The van der Waals surface area contributed by atoms with Gasteiger partial charge < -0.3 is 0 Å². The van der Waals surface area contributed by atoms with Gasteiger partial charge in [0.25, 0.3) is 0 Å². The van der Waals surface area contributed by atoms with Crippen LogP contribution in [0.5, 0.6) is 0 Å². The van der Waals surface area contributed by atoms with Crippen LogP contribution in [0.3, 0.4) is 0 Å². The molecule has 4 heteroatoms. The van der Waals surface area contributed by atoms with Gasteiger partial charge >= 0.3 is 0 Å². The molecule has 0 fully saturated rings. The molecule has 0 aliphatic heterocycles. The Labute approximate surface area is 97.1 Å². The fraction of sp³-hybridized carbons (Fsp3) is 0.417. The molecule has 3 nitrogen and oxygen atoms in total. The summed E-state index contributed by atoms with van der Waals surface area (Å²) < 4.78 is 23.0. The third-order valence-corrected chi connectivity index (χ3v) is 3.08. The van der Waals surface area contributed by atoms with E-state index in [1.165, 1.54) is 6.26 Å². The Bertz CT molecular complexity index is 496. The first-order valence-corrected chi connectivity index (χ1v) is 6.93. The fourth-order valence-corrected chi connectivity index (χ4v) is 2.06. The highest BCUT2D eigenvalue weighted by Crippen LogP contribution is 2.14.